The Bertz CT molecular complexity index is 1480. The first kappa shape index (κ1) is 37.6. The molecule has 49 heavy (non-hydrogen) atoms. The van der Waals surface area contributed by atoms with Crippen LogP contribution < -0.4 is 9.80 Å². The van der Waals surface area contributed by atoms with Crippen molar-refractivity contribution >= 4 is 68.8 Å². The molecular formula is C28H32CoF4N8O6S2. The molecule has 2 fully saturated rings. The van der Waals surface area contributed by atoms with Crippen LogP contribution in [0, 0.1) is 0 Å². The number of hydrogen-bond acceptors (Lipinski definition) is 12. The number of para-hydroxylation sites is 2. The molecule has 0 saturated carbocycles. The number of nitrogens with zero attached hydrogens (tertiary/aromatic N) is 8. The zero-order valence-electron chi connectivity index (χ0n) is 26.1. The second-order valence-corrected chi connectivity index (χ2v) is 12.6. The quantitative estimate of drug-likeness (QED) is 0.395. The van der Waals surface area contributed by atoms with Gasteiger partial charge in [-0.15, -0.1) is 0 Å². The molecule has 2 aromatic carbocycles. The van der Waals surface area contributed by atoms with Gasteiger partial charge in [-0.1, -0.05) is 46.7 Å². The van der Waals surface area contributed by atoms with Crippen LogP contribution in [-0.4, -0.2) is 96.8 Å². The Morgan fingerprint density at radius 2 is 0.857 bits per heavy atom. The van der Waals surface area contributed by atoms with Crippen LogP contribution in [0.3, 0.4) is 0 Å². The first-order valence-corrected chi connectivity index (χ1v) is 17.1. The molecule has 3 heterocycles. The van der Waals surface area contributed by atoms with E-state index >= 15 is 0 Å². The molecule has 2 aromatic rings. The van der Waals surface area contributed by atoms with Gasteiger partial charge in [0.15, 0.2) is 11.4 Å². The second kappa shape index (κ2) is 16.5. The molecule has 2 amide bonds. The van der Waals surface area contributed by atoms with Crippen molar-refractivity contribution in [1.82, 2.24) is 9.80 Å². The van der Waals surface area contributed by atoms with Crippen LogP contribution >= 0.6 is 22.7 Å². The maximum atomic E-state index is 14.7. The van der Waals surface area contributed by atoms with Gasteiger partial charge in [-0.05, 0) is 64.0 Å². The maximum absolute atomic E-state index is 14.7. The number of carbonyl (C=O) groups is 2. The molecule has 0 aliphatic carbocycles. The van der Waals surface area contributed by atoms with Gasteiger partial charge in [-0.2, -0.15) is 0 Å². The molecule has 1 radical (unpaired) electrons. The standard InChI is InChI=1S/C28H32F4N8O6S2.Co/c1-21-25(27(41)39-17-13-37(14-18-39)23-9-5-3-6-10-23)35-45-48(31,32)44-34-22(2)26(36-46-47(29,30)43-33-21)28(42)40-19-15-38(16-20-40)24-11-7-4-8-12-24;/h3-12H,13-20H2,1-2H3;/b33-21+,34-22+,35-25-,36-26-;. The Labute approximate surface area is 294 Å². The zero-order valence-corrected chi connectivity index (χ0v) is 28.8. The minimum absolute atomic E-state index is 0. The van der Waals surface area contributed by atoms with E-state index in [1.54, 1.807) is 0 Å². The van der Waals surface area contributed by atoms with Gasteiger partial charge in [0.1, 0.15) is 11.4 Å². The number of anilines is 2. The van der Waals surface area contributed by atoms with Crippen LogP contribution in [0.1, 0.15) is 13.8 Å². The average molecular weight is 776 g/mol. The SMILES string of the molecule is CC1=N\OS(F)(F)O/N=C(C(=O)N2CCN(c3ccccc3)CC2)/C(C)=N/OS(F)(F)O\N=C\1C(=O)N1CCN(c2ccccc2)CC1.[Co]. The van der Waals surface area contributed by atoms with E-state index in [1.165, 1.54) is 9.80 Å². The fourth-order valence-corrected chi connectivity index (χ4v) is 5.68. The summed E-state index contributed by atoms with van der Waals surface area (Å²) < 4.78 is 76.0. The van der Waals surface area contributed by atoms with E-state index in [1.807, 2.05) is 70.5 Å². The van der Waals surface area contributed by atoms with Gasteiger partial charge in [0.25, 0.3) is 34.5 Å². The minimum atomic E-state index is -5.58. The van der Waals surface area contributed by atoms with Gasteiger partial charge < -0.3 is 19.6 Å². The molecule has 0 aromatic heterocycles. The topological polar surface area (TPSA) is 133 Å². The van der Waals surface area contributed by atoms with E-state index in [4.69, 9.17) is 0 Å². The number of piperazine rings is 2. The Kier molecular flexibility index (Phi) is 12.6. The van der Waals surface area contributed by atoms with E-state index in [0.717, 1.165) is 25.2 Å². The minimum Gasteiger partial charge on any atom is -0.368 e. The Morgan fingerprint density at radius 1 is 0.551 bits per heavy atom. The molecular weight excluding hydrogens is 743 g/mol. The summed E-state index contributed by atoms with van der Waals surface area (Å²) in [4.78, 5) is 33.2. The average Bonchev–Trinajstić information content (AvgIpc) is 3.10. The largest absolute Gasteiger partial charge is 0.368 e. The van der Waals surface area contributed by atoms with Crippen molar-refractivity contribution in [2.45, 2.75) is 13.8 Å². The summed E-state index contributed by atoms with van der Waals surface area (Å²) in [5.74, 6) is -1.85. The fraction of sp³-hybridized carbons (Fsp3) is 0.357. The summed E-state index contributed by atoms with van der Waals surface area (Å²) >= 11 is -11.2. The fourth-order valence-electron chi connectivity index (χ4n) is 4.91. The molecule has 0 N–H and O–H groups in total. The molecule has 0 bridgehead atoms. The van der Waals surface area contributed by atoms with E-state index in [0.29, 0.717) is 26.2 Å². The predicted molar refractivity (Wildman–Crippen MR) is 176 cm³/mol. The van der Waals surface area contributed by atoms with Gasteiger partial charge in [0.2, 0.25) is 0 Å². The number of oxime groups is 4. The van der Waals surface area contributed by atoms with Crippen molar-refractivity contribution in [3.05, 3.63) is 60.7 Å². The molecule has 0 spiro atoms. The number of hydrogen-bond donors (Lipinski definition) is 0. The smallest absolute Gasteiger partial charge is 0.278 e. The molecule has 0 atom stereocenters. The van der Waals surface area contributed by atoms with Crippen molar-refractivity contribution in [3.63, 3.8) is 0 Å². The summed E-state index contributed by atoms with van der Waals surface area (Å²) in [7, 11) is 0. The van der Waals surface area contributed by atoms with Crippen LogP contribution in [0.5, 0.6) is 0 Å². The predicted octanol–water partition coefficient (Wildman–Crippen LogP) is 5.03. The number of rotatable bonds is 4. The molecule has 3 aliphatic heterocycles. The van der Waals surface area contributed by atoms with Crippen molar-refractivity contribution in [1.29, 1.82) is 0 Å². The molecule has 21 heteroatoms. The molecule has 14 nitrogen and oxygen atoms in total. The third-order valence-electron chi connectivity index (χ3n) is 7.42. The van der Waals surface area contributed by atoms with Crippen molar-refractivity contribution < 1.29 is 59.0 Å². The van der Waals surface area contributed by atoms with Crippen LogP contribution in [0.15, 0.2) is 81.3 Å². The second-order valence-electron chi connectivity index (χ2n) is 10.5. The zero-order chi connectivity index (χ0) is 34.3. The van der Waals surface area contributed by atoms with Crippen molar-refractivity contribution in [2.75, 3.05) is 62.2 Å². The van der Waals surface area contributed by atoms with Crippen molar-refractivity contribution in [3.8, 4) is 0 Å². The first-order valence-electron chi connectivity index (χ1n) is 14.6. The van der Waals surface area contributed by atoms with Crippen LogP contribution in [0.4, 0.5) is 26.9 Å². The van der Waals surface area contributed by atoms with Gasteiger partial charge in [-0.3, -0.25) is 9.59 Å². The summed E-state index contributed by atoms with van der Waals surface area (Å²) in [5.41, 5.74) is -1.06. The van der Waals surface area contributed by atoms with Crippen LogP contribution in [0.2, 0.25) is 0 Å². The number of benzene rings is 2. The van der Waals surface area contributed by atoms with Gasteiger partial charge in [0.05, 0.1) is 0 Å². The van der Waals surface area contributed by atoms with E-state index in [9.17, 15) is 25.1 Å². The van der Waals surface area contributed by atoms with E-state index in [-0.39, 0.29) is 43.0 Å². The summed E-state index contributed by atoms with van der Waals surface area (Å²) in [6.45, 7) is 4.27. The normalized spacial score (nSPS) is 25.4. The molecule has 3 aliphatic rings. The summed E-state index contributed by atoms with van der Waals surface area (Å²) in [6.07, 6.45) is 0. The first-order chi connectivity index (χ1) is 22.9. The Hall–Kier alpha value is -4.21. The Morgan fingerprint density at radius 3 is 1.18 bits per heavy atom. The maximum Gasteiger partial charge on any atom is 0.278 e. The third-order valence-corrected chi connectivity index (χ3v) is 8.41. The molecule has 2 saturated heterocycles. The monoisotopic (exact) mass is 775 g/mol. The third kappa shape index (κ3) is 9.92. The number of amides is 2. The van der Waals surface area contributed by atoms with Crippen LogP contribution in [-0.2, 0) is 43.5 Å². The molecule has 269 valence electrons. The molecule has 0 unspecified atom stereocenters. The summed E-state index contributed by atoms with van der Waals surface area (Å²) in [5, 5.41) is 12.9. The number of carbonyl (C=O) groups excluding carboxylic acids is 2. The van der Waals surface area contributed by atoms with Crippen LogP contribution in [0.25, 0.3) is 0 Å². The van der Waals surface area contributed by atoms with E-state index in [2.05, 4.69) is 37.8 Å². The van der Waals surface area contributed by atoms with Crippen molar-refractivity contribution in [2.24, 2.45) is 20.6 Å². The van der Waals surface area contributed by atoms with Gasteiger partial charge >= 0.3 is 0 Å². The van der Waals surface area contributed by atoms with E-state index < -0.39 is 57.4 Å². The Balaban J connectivity index is 0.00000541. The van der Waals surface area contributed by atoms with Gasteiger partial charge in [-0.25, -0.2) is 17.1 Å². The van der Waals surface area contributed by atoms with Gasteiger partial charge in [0, 0.05) is 80.5 Å². The number of halogens is 4. The molecule has 5 rings (SSSR count). The summed E-state index contributed by atoms with van der Waals surface area (Å²) in [6, 6.07) is 18.8.